The summed E-state index contributed by atoms with van der Waals surface area (Å²) in [6, 6.07) is 39.4. The zero-order valence-electron chi connectivity index (χ0n) is 22.4. The van der Waals surface area contributed by atoms with E-state index in [0.29, 0.717) is 11.5 Å². The summed E-state index contributed by atoms with van der Waals surface area (Å²) in [4.78, 5) is 6.91. The van der Waals surface area contributed by atoms with Gasteiger partial charge in [-0.05, 0) is 56.5 Å². The molecule has 198 valence electrons. The van der Waals surface area contributed by atoms with E-state index in [4.69, 9.17) is 9.39 Å². The molecule has 2 aromatic heterocycles. The van der Waals surface area contributed by atoms with E-state index in [1.54, 1.807) is 6.20 Å². The van der Waals surface area contributed by atoms with Crippen LogP contribution in [0.1, 0.15) is 20.8 Å². The van der Waals surface area contributed by atoms with E-state index >= 15 is 0 Å². The average molecular weight is 702 g/mol. The van der Waals surface area contributed by atoms with Gasteiger partial charge in [0.2, 0.25) is 0 Å². The SMILES string of the molecule is CC(C)(C)N1B(c2[c-]c(Oc3[c-]c4c(cc3)c3ccccc3n4-c3ccccn3)ccc2)Oc2ccccc21.[Pt+2]. The molecule has 0 saturated heterocycles. The predicted octanol–water partition coefficient (Wildman–Crippen LogP) is 6.96. The van der Waals surface area contributed by atoms with Gasteiger partial charge in [-0.1, -0.05) is 41.9 Å². The molecule has 7 rings (SSSR count). The first-order valence-corrected chi connectivity index (χ1v) is 13.1. The Bertz CT molecular complexity index is 1830. The molecule has 1 aliphatic rings. The zero-order valence-corrected chi connectivity index (χ0v) is 24.6. The van der Waals surface area contributed by atoms with E-state index in [9.17, 15) is 0 Å². The van der Waals surface area contributed by atoms with Crippen molar-refractivity contribution in [1.82, 2.24) is 9.55 Å². The van der Waals surface area contributed by atoms with Crippen molar-refractivity contribution in [2.45, 2.75) is 26.3 Å². The van der Waals surface area contributed by atoms with Gasteiger partial charge >= 0.3 is 28.1 Å². The van der Waals surface area contributed by atoms with Gasteiger partial charge in [-0.2, -0.15) is 18.2 Å². The normalized spacial score (nSPS) is 12.8. The molecule has 6 aromatic rings. The van der Waals surface area contributed by atoms with E-state index < -0.39 is 0 Å². The molecule has 0 amide bonds. The fourth-order valence-electron chi connectivity index (χ4n) is 5.42. The van der Waals surface area contributed by atoms with Crippen molar-refractivity contribution in [3.63, 3.8) is 0 Å². The van der Waals surface area contributed by atoms with Gasteiger partial charge in [0.15, 0.2) is 0 Å². The molecule has 1 aliphatic heterocycles. The summed E-state index contributed by atoms with van der Waals surface area (Å²) in [5.41, 5.74) is 3.82. The van der Waals surface area contributed by atoms with Crippen molar-refractivity contribution in [1.29, 1.82) is 0 Å². The van der Waals surface area contributed by atoms with Crippen molar-refractivity contribution < 1.29 is 30.5 Å². The Balaban J connectivity index is 0.00000289. The second-order valence-corrected chi connectivity index (χ2v) is 10.7. The van der Waals surface area contributed by atoms with Crippen LogP contribution in [0.15, 0.2) is 103 Å². The van der Waals surface area contributed by atoms with Crippen LogP contribution < -0.4 is 19.7 Å². The van der Waals surface area contributed by atoms with Crippen molar-refractivity contribution in [3.05, 3.63) is 115 Å². The minimum atomic E-state index is -0.302. The number of rotatable bonds is 4. The Labute approximate surface area is 248 Å². The minimum Gasteiger partial charge on any atom is -0.537 e. The molecule has 0 N–H and O–H groups in total. The predicted molar refractivity (Wildman–Crippen MR) is 157 cm³/mol. The number of anilines is 1. The standard InChI is InChI=1S/C33H26BN3O2.Pt/c1-33(2,3)37-29-15-6-7-16-31(29)39-34(37)23-11-10-12-24(21-23)38-25-18-19-27-26-13-4-5-14-28(26)36(30(27)22-25)32-17-8-9-20-35-32;/h4-20H,1-3H3;/q-2;+2. The maximum atomic E-state index is 6.41. The molecule has 4 aromatic carbocycles. The van der Waals surface area contributed by atoms with Gasteiger partial charge in [-0.25, -0.2) is 4.98 Å². The van der Waals surface area contributed by atoms with E-state index in [0.717, 1.165) is 44.5 Å². The van der Waals surface area contributed by atoms with Gasteiger partial charge < -0.3 is 18.8 Å². The van der Waals surface area contributed by atoms with Gasteiger partial charge in [0.05, 0.1) is 5.69 Å². The maximum absolute atomic E-state index is 6.41. The molecule has 0 fully saturated rings. The molecule has 0 radical (unpaired) electrons. The van der Waals surface area contributed by atoms with Gasteiger partial charge in [0, 0.05) is 28.8 Å². The molecular weight excluding hydrogens is 676 g/mol. The Kier molecular flexibility index (Phi) is 6.68. The van der Waals surface area contributed by atoms with Gasteiger partial charge in [-0.3, -0.25) is 0 Å². The average Bonchev–Trinajstić information content (AvgIpc) is 3.50. The summed E-state index contributed by atoms with van der Waals surface area (Å²) in [6.45, 7) is 6.57. The zero-order chi connectivity index (χ0) is 26.6. The number of hydrogen-bond donors (Lipinski definition) is 0. The van der Waals surface area contributed by atoms with Crippen molar-refractivity contribution in [2.75, 3.05) is 4.81 Å². The van der Waals surface area contributed by atoms with Crippen LogP contribution in [0.5, 0.6) is 17.2 Å². The monoisotopic (exact) mass is 702 g/mol. The summed E-state index contributed by atoms with van der Waals surface area (Å²) in [6.07, 6.45) is 1.81. The van der Waals surface area contributed by atoms with Crippen LogP contribution in [-0.2, 0) is 21.1 Å². The van der Waals surface area contributed by atoms with E-state index in [2.05, 4.69) is 77.6 Å². The third kappa shape index (κ3) is 4.47. The molecule has 0 bridgehead atoms. The van der Waals surface area contributed by atoms with E-state index in [1.165, 1.54) is 0 Å². The number of para-hydroxylation sites is 3. The molecule has 40 heavy (non-hydrogen) atoms. The molecule has 0 aliphatic carbocycles. The number of aromatic nitrogens is 2. The van der Waals surface area contributed by atoms with Crippen LogP contribution >= 0.6 is 0 Å². The molecule has 7 heteroatoms. The molecular formula is C33H26BN3O2Pt. The molecule has 0 spiro atoms. The first-order chi connectivity index (χ1) is 19.0. The molecule has 0 unspecified atom stereocenters. The number of fused-ring (bicyclic) bond motifs is 4. The Morgan fingerprint density at radius 3 is 2.38 bits per heavy atom. The van der Waals surface area contributed by atoms with Crippen molar-refractivity contribution >= 4 is 40.0 Å². The third-order valence-electron chi connectivity index (χ3n) is 7.03. The van der Waals surface area contributed by atoms with Gasteiger partial charge in [-0.15, -0.1) is 35.1 Å². The fraction of sp³-hybridized carbons (Fsp3) is 0.121. The molecule has 0 atom stereocenters. The number of nitrogens with zero attached hydrogens (tertiary/aromatic N) is 3. The van der Waals surface area contributed by atoms with E-state index in [1.807, 2.05) is 66.7 Å². The summed E-state index contributed by atoms with van der Waals surface area (Å²) in [5, 5.41) is 2.24. The third-order valence-corrected chi connectivity index (χ3v) is 7.03. The largest absolute Gasteiger partial charge is 2.00 e. The summed E-state index contributed by atoms with van der Waals surface area (Å²) < 4.78 is 14.9. The molecule has 3 heterocycles. The molecule has 5 nitrogen and oxygen atoms in total. The van der Waals surface area contributed by atoms with Crippen LogP contribution in [-0.4, -0.2) is 22.1 Å². The smallest absolute Gasteiger partial charge is 0.537 e. The summed E-state index contributed by atoms with van der Waals surface area (Å²) >= 11 is 0. The molecule has 0 saturated carbocycles. The fourth-order valence-corrected chi connectivity index (χ4v) is 5.42. The summed E-state index contributed by atoms with van der Waals surface area (Å²) in [7, 11) is -0.302. The van der Waals surface area contributed by atoms with E-state index in [-0.39, 0.29) is 33.7 Å². The summed E-state index contributed by atoms with van der Waals surface area (Å²) in [5.74, 6) is 2.93. The number of benzene rings is 4. The second kappa shape index (κ2) is 10.2. The Hall–Kier alpha value is -4.02. The second-order valence-electron chi connectivity index (χ2n) is 10.7. The minimum absolute atomic E-state index is 0. The van der Waals surface area contributed by atoms with Gasteiger partial charge in [0.1, 0.15) is 11.6 Å². The number of hydrogen-bond acceptors (Lipinski definition) is 4. The van der Waals surface area contributed by atoms with Crippen LogP contribution in [0.25, 0.3) is 27.6 Å². The Morgan fingerprint density at radius 1 is 0.775 bits per heavy atom. The van der Waals surface area contributed by atoms with Crippen LogP contribution in [0.4, 0.5) is 5.69 Å². The van der Waals surface area contributed by atoms with Crippen LogP contribution in [0, 0.1) is 12.1 Å². The van der Waals surface area contributed by atoms with Crippen molar-refractivity contribution in [2.24, 2.45) is 0 Å². The number of ether oxygens (including phenoxy) is 1. The Morgan fingerprint density at radius 2 is 1.55 bits per heavy atom. The first kappa shape index (κ1) is 26.2. The van der Waals surface area contributed by atoms with Gasteiger partial charge in [0.25, 0.3) is 0 Å². The maximum Gasteiger partial charge on any atom is 2.00 e. The van der Waals surface area contributed by atoms with Crippen LogP contribution in [0.2, 0.25) is 0 Å². The van der Waals surface area contributed by atoms with Crippen molar-refractivity contribution in [3.8, 4) is 23.1 Å². The topological polar surface area (TPSA) is 39.5 Å². The number of pyridine rings is 1. The first-order valence-electron chi connectivity index (χ1n) is 13.1. The quantitative estimate of drug-likeness (QED) is 0.147. The van der Waals surface area contributed by atoms with Crippen LogP contribution in [0.3, 0.4) is 0 Å².